The minimum atomic E-state index is -0.894. The molecule has 0 aromatic heterocycles. The molecule has 2 aromatic carbocycles. The molecule has 0 fully saturated rings. The Morgan fingerprint density at radius 1 is 1.33 bits per heavy atom. The van der Waals surface area contributed by atoms with E-state index in [9.17, 15) is 9.82 Å². The van der Waals surface area contributed by atoms with Crippen LogP contribution in [0, 0.1) is 11.3 Å². The summed E-state index contributed by atoms with van der Waals surface area (Å²) in [6.45, 7) is 0.321. The Labute approximate surface area is 121 Å². The Bertz CT molecular complexity index is 754. The molecule has 0 unspecified atom stereocenters. The monoisotopic (exact) mass is 279 g/mol. The van der Waals surface area contributed by atoms with Crippen LogP contribution in [0.2, 0.25) is 0 Å². The molecule has 0 saturated carbocycles. The van der Waals surface area contributed by atoms with Gasteiger partial charge in [0, 0.05) is 0 Å². The number of ether oxygens (including phenoxy) is 1. The first-order chi connectivity index (χ1) is 10.2. The van der Waals surface area contributed by atoms with Gasteiger partial charge in [0.2, 0.25) is 0 Å². The van der Waals surface area contributed by atoms with E-state index in [2.05, 4.69) is 0 Å². The van der Waals surface area contributed by atoms with Crippen molar-refractivity contribution < 1.29 is 19.2 Å². The zero-order valence-electron chi connectivity index (χ0n) is 10.9. The second-order valence-corrected chi connectivity index (χ2v) is 4.61. The number of benzene rings is 2. The minimum absolute atomic E-state index is 0.311. The van der Waals surface area contributed by atoms with E-state index in [-0.39, 0.29) is 0 Å². The topological polar surface area (TPSA) is 79.6 Å². The van der Waals surface area contributed by atoms with Crippen molar-refractivity contribution in [3.63, 3.8) is 0 Å². The van der Waals surface area contributed by atoms with Gasteiger partial charge < -0.3 is 14.4 Å². The summed E-state index contributed by atoms with van der Waals surface area (Å²) in [4.78, 5) is 11.1. The van der Waals surface area contributed by atoms with E-state index in [1.165, 1.54) is 6.07 Å². The van der Waals surface area contributed by atoms with Crippen LogP contribution < -0.4 is 10.2 Å². The summed E-state index contributed by atoms with van der Waals surface area (Å²) < 4.78 is 10.8. The van der Waals surface area contributed by atoms with Gasteiger partial charge in [-0.05, 0) is 41.4 Å². The highest BCUT2D eigenvalue weighted by Gasteiger charge is 2.27. The third kappa shape index (κ3) is 2.52. The molecule has 0 aliphatic carbocycles. The Balaban J connectivity index is 1.91. The summed E-state index contributed by atoms with van der Waals surface area (Å²) in [5, 5.41) is 18.4. The van der Waals surface area contributed by atoms with Crippen LogP contribution in [0.4, 0.5) is 0 Å². The molecule has 0 saturated heterocycles. The predicted octanol–water partition coefficient (Wildman–Crippen LogP) is 1.38. The van der Waals surface area contributed by atoms with Gasteiger partial charge in [-0.25, -0.2) is 0 Å². The number of nitriles is 1. The van der Waals surface area contributed by atoms with Gasteiger partial charge in [0.15, 0.2) is 6.29 Å². The molecule has 0 radical (unpaired) electrons. The molecule has 21 heavy (non-hydrogen) atoms. The fourth-order valence-electron chi connectivity index (χ4n) is 2.20. The Kier molecular flexibility index (Phi) is 3.44. The Hall–Kier alpha value is -2.62. The summed E-state index contributed by atoms with van der Waals surface area (Å²) in [7, 11) is -0.894. The van der Waals surface area contributed by atoms with E-state index in [1.54, 1.807) is 30.3 Å². The molecular formula is C15H10BNO4. The number of carbonyl (C=O) groups excluding carboxylic acids is 1. The predicted molar refractivity (Wildman–Crippen MR) is 75.5 cm³/mol. The second kappa shape index (κ2) is 5.41. The zero-order valence-corrected chi connectivity index (χ0v) is 10.9. The quantitative estimate of drug-likeness (QED) is 0.678. The molecule has 102 valence electrons. The normalized spacial score (nSPS) is 12.7. The minimum Gasteiger partial charge on any atom is -0.457 e. The molecule has 5 nitrogen and oxygen atoms in total. The van der Waals surface area contributed by atoms with Crippen molar-refractivity contribution in [3.8, 4) is 17.6 Å². The first-order valence-corrected chi connectivity index (χ1v) is 6.31. The summed E-state index contributed by atoms with van der Waals surface area (Å²) >= 11 is 0. The fourth-order valence-corrected chi connectivity index (χ4v) is 2.20. The molecular weight excluding hydrogens is 269 g/mol. The smallest absolute Gasteiger partial charge is 0.457 e. The highest BCUT2D eigenvalue weighted by molar-refractivity contribution is 6.61. The van der Waals surface area contributed by atoms with Crippen LogP contribution in [0.15, 0.2) is 36.4 Å². The van der Waals surface area contributed by atoms with Crippen LogP contribution in [0.3, 0.4) is 0 Å². The summed E-state index contributed by atoms with van der Waals surface area (Å²) in [5.74, 6) is 0.919. The highest BCUT2D eigenvalue weighted by Crippen LogP contribution is 2.26. The van der Waals surface area contributed by atoms with Gasteiger partial charge in [0.05, 0.1) is 23.8 Å². The average molecular weight is 279 g/mol. The van der Waals surface area contributed by atoms with Crippen molar-refractivity contribution in [2.75, 3.05) is 0 Å². The molecule has 1 aliphatic heterocycles. The molecule has 0 spiro atoms. The number of aldehydes is 1. The highest BCUT2D eigenvalue weighted by atomic mass is 16.5. The molecule has 2 aromatic rings. The van der Waals surface area contributed by atoms with Crippen LogP contribution in [-0.4, -0.2) is 18.4 Å². The molecule has 0 bridgehead atoms. The first-order valence-electron chi connectivity index (χ1n) is 6.31. The van der Waals surface area contributed by atoms with Gasteiger partial charge in [-0.1, -0.05) is 6.07 Å². The molecule has 1 aliphatic rings. The number of fused-ring (bicyclic) bond motifs is 1. The molecule has 1 heterocycles. The molecule has 0 atom stereocenters. The summed E-state index contributed by atoms with van der Waals surface area (Å²) in [6, 6.07) is 11.8. The van der Waals surface area contributed by atoms with E-state index in [0.29, 0.717) is 35.5 Å². The van der Waals surface area contributed by atoms with Crippen molar-refractivity contribution in [2.45, 2.75) is 6.61 Å². The maximum absolute atomic E-state index is 11.1. The van der Waals surface area contributed by atoms with Gasteiger partial charge in [0.1, 0.15) is 11.5 Å². The van der Waals surface area contributed by atoms with E-state index in [1.807, 2.05) is 6.07 Å². The molecule has 0 amide bonds. The maximum atomic E-state index is 11.1. The van der Waals surface area contributed by atoms with Crippen molar-refractivity contribution >= 4 is 18.9 Å². The van der Waals surface area contributed by atoms with E-state index < -0.39 is 7.12 Å². The van der Waals surface area contributed by atoms with Gasteiger partial charge in [-0.15, -0.1) is 0 Å². The van der Waals surface area contributed by atoms with Gasteiger partial charge in [-0.2, -0.15) is 5.26 Å². The second-order valence-electron chi connectivity index (χ2n) is 4.61. The molecule has 3 rings (SSSR count). The maximum Gasteiger partial charge on any atom is 0.491 e. The van der Waals surface area contributed by atoms with Crippen LogP contribution in [-0.2, 0) is 11.3 Å². The standard InChI is InChI=1S/C15H10BNO4/c17-7-10-1-4-15(11(5-10)8-18)21-13-2-3-14-12(6-13)9-20-16(14)19/h1-6,8,19H,9H2. The van der Waals surface area contributed by atoms with Crippen LogP contribution in [0.5, 0.6) is 11.5 Å². The van der Waals surface area contributed by atoms with Crippen LogP contribution in [0.25, 0.3) is 0 Å². The van der Waals surface area contributed by atoms with Crippen LogP contribution >= 0.6 is 0 Å². The average Bonchev–Trinajstić information content (AvgIpc) is 2.88. The fraction of sp³-hybridized carbons (Fsp3) is 0.0667. The third-order valence-electron chi connectivity index (χ3n) is 3.27. The van der Waals surface area contributed by atoms with E-state index in [0.717, 1.165) is 11.0 Å². The lowest BCUT2D eigenvalue weighted by molar-refractivity contribution is 0.112. The Morgan fingerprint density at radius 2 is 2.19 bits per heavy atom. The van der Waals surface area contributed by atoms with Gasteiger partial charge >= 0.3 is 7.12 Å². The van der Waals surface area contributed by atoms with Crippen molar-refractivity contribution in [1.29, 1.82) is 5.26 Å². The third-order valence-corrected chi connectivity index (χ3v) is 3.27. The SMILES string of the molecule is N#Cc1ccc(Oc2ccc3c(c2)COB3O)c(C=O)c1. The number of nitrogens with zero attached hydrogens (tertiary/aromatic N) is 1. The summed E-state index contributed by atoms with van der Waals surface area (Å²) in [5.41, 5.74) is 2.28. The lowest BCUT2D eigenvalue weighted by Crippen LogP contribution is -2.27. The zero-order chi connectivity index (χ0) is 14.8. The van der Waals surface area contributed by atoms with E-state index >= 15 is 0 Å². The van der Waals surface area contributed by atoms with Gasteiger partial charge in [-0.3, -0.25) is 4.79 Å². The lowest BCUT2D eigenvalue weighted by atomic mass is 9.80. The summed E-state index contributed by atoms with van der Waals surface area (Å²) in [6.07, 6.45) is 0.649. The number of hydrogen-bond donors (Lipinski definition) is 1. The van der Waals surface area contributed by atoms with Crippen LogP contribution in [0.1, 0.15) is 21.5 Å². The van der Waals surface area contributed by atoms with Crippen molar-refractivity contribution in [2.24, 2.45) is 0 Å². The first kappa shape index (κ1) is 13.4. The van der Waals surface area contributed by atoms with Crippen molar-refractivity contribution in [3.05, 3.63) is 53.1 Å². The van der Waals surface area contributed by atoms with Crippen molar-refractivity contribution in [1.82, 2.24) is 0 Å². The number of hydrogen-bond acceptors (Lipinski definition) is 5. The molecule has 1 N–H and O–H groups in total. The lowest BCUT2D eigenvalue weighted by Gasteiger charge is -2.09. The number of carbonyl (C=O) groups is 1. The largest absolute Gasteiger partial charge is 0.491 e. The van der Waals surface area contributed by atoms with E-state index in [4.69, 9.17) is 14.7 Å². The Morgan fingerprint density at radius 3 is 2.95 bits per heavy atom. The van der Waals surface area contributed by atoms with Gasteiger partial charge in [0.25, 0.3) is 0 Å². The number of rotatable bonds is 3. The molecule has 6 heteroatoms.